The molecule has 0 saturated heterocycles. The van der Waals surface area contributed by atoms with Crippen LogP contribution in [0.4, 0.5) is 0 Å². The highest BCUT2D eigenvalue weighted by molar-refractivity contribution is 7.99. The fraction of sp³-hybridized carbons (Fsp3) is 0.250. The molecule has 1 nitrogen and oxygen atoms in total. The van der Waals surface area contributed by atoms with Gasteiger partial charge in [0.1, 0.15) is 0 Å². The minimum absolute atomic E-state index is 0.485. The lowest BCUT2D eigenvalue weighted by atomic mass is 10.2. The molecule has 0 aliphatic carbocycles. The van der Waals surface area contributed by atoms with Gasteiger partial charge in [-0.1, -0.05) is 67.5 Å². The maximum atomic E-state index is 6.22. The summed E-state index contributed by atoms with van der Waals surface area (Å²) in [6, 6.07) is 16.9. The van der Waals surface area contributed by atoms with Crippen molar-refractivity contribution in [1.82, 2.24) is 5.32 Å². The normalized spacial score (nSPS) is 10.9. The lowest BCUT2D eigenvalue weighted by molar-refractivity contribution is 0.585. The molecular weight excluding hydrogens is 274 g/mol. The lowest BCUT2D eigenvalue weighted by Gasteiger charge is -2.12. The van der Waals surface area contributed by atoms with Crippen LogP contribution in [-0.4, -0.2) is 6.04 Å². The quantitative estimate of drug-likeness (QED) is 0.833. The van der Waals surface area contributed by atoms with Gasteiger partial charge in [-0.25, -0.2) is 0 Å². The largest absolute Gasteiger partial charge is 0.310 e. The molecule has 1 N–H and O–H groups in total. The number of halogens is 1. The third-order valence-corrected chi connectivity index (χ3v) is 4.37. The Balaban J connectivity index is 2.18. The van der Waals surface area contributed by atoms with E-state index in [-0.39, 0.29) is 0 Å². The number of nitrogens with one attached hydrogen (secondary N) is 1. The summed E-state index contributed by atoms with van der Waals surface area (Å²) in [6.45, 7) is 5.19. The summed E-state index contributed by atoms with van der Waals surface area (Å²) in [4.78, 5) is 2.35. The van der Waals surface area contributed by atoms with Crippen LogP contribution in [0.15, 0.2) is 58.3 Å². The Bertz CT molecular complexity index is 540. The Kier molecular flexibility index (Phi) is 5.32. The molecule has 0 spiro atoms. The zero-order valence-electron chi connectivity index (χ0n) is 11.2. The summed E-state index contributed by atoms with van der Waals surface area (Å²) >= 11 is 7.94. The van der Waals surface area contributed by atoms with Crippen LogP contribution < -0.4 is 5.32 Å². The lowest BCUT2D eigenvalue weighted by Crippen LogP contribution is -2.22. The van der Waals surface area contributed by atoms with E-state index in [0.717, 1.165) is 16.5 Å². The van der Waals surface area contributed by atoms with E-state index >= 15 is 0 Å². The maximum Gasteiger partial charge on any atom is 0.0545 e. The van der Waals surface area contributed by atoms with Crippen molar-refractivity contribution >= 4 is 23.4 Å². The van der Waals surface area contributed by atoms with Crippen LogP contribution in [0.25, 0.3) is 0 Å². The van der Waals surface area contributed by atoms with Crippen LogP contribution in [0, 0.1) is 0 Å². The summed E-state index contributed by atoms with van der Waals surface area (Å²) in [5.41, 5.74) is 1.31. The molecule has 100 valence electrons. The van der Waals surface area contributed by atoms with Crippen LogP contribution in [0.3, 0.4) is 0 Å². The predicted molar refractivity (Wildman–Crippen MR) is 84.0 cm³/mol. The van der Waals surface area contributed by atoms with Gasteiger partial charge < -0.3 is 5.32 Å². The second-order valence-electron chi connectivity index (χ2n) is 4.68. The summed E-state index contributed by atoms with van der Waals surface area (Å²) < 4.78 is 0. The van der Waals surface area contributed by atoms with Gasteiger partial charge in [0.05, 0.1) is 5.02 Å². The molecule has 0 aliphatic heterocycles. The fourth-order valence-corrected chi connectivity index (χ4v) is 2.93. The molecule has 0 fully saturated rings. The molecule has 0 bridgehead atoms. The maximum absolute atomic E-state index is 6.22. The van der Waals surface area contributed by atoms with Crippen molar-refractivity contribution in [2.75, 3.05) is 0 Å². The van der Waals surface area contributed by atoms with E-state index < -0.39 is 0 Å². The van der Waals surface area contributed by atoms with E-state index in [1.54, 1.807) is 11.8 Å². The first-order valence-corrected chi connectivity index (χ1v) is 7.60. The molecule has 0 aromatic heterocycles. The van der Waals surface area contributed by atoms with Gasteiger partial charge in [0, 0.05) is 22.4 Å². The molecule has 0 unspecified atom stereocenters. The molecule has 0 aliphatic rings. The van der Waals surface area contributed by atoms with Crippen molar-refractivity contribution in [2.24, 2.45) is 0 Å². The average molecular weight is 292 g/mol. The summed E-state index contributed by atoms with van der Waals surface area (Å²) in [6.07, 6.45) is 0. The Morgan fingerprint density at radius 3 is 2.32 bits per heavy atom. The third-order valence-electron chi connectivity index (χ3n) is 2.73. The molecule has 0 heterocycles. The van der Waals surface area contributed by atoms with Gasteiger partial charge in [-0.3, -0.25) is 0 Å². The second kappa shape index (κ2) is 6.99. The Hall–Kier alpha value is -0.960. The van der Waals surface area contributed by atoms with Crippen LogP contribution in [0.1, 0.15) is 19.4 Å². The van der Waals surface area contributed by atoms with Gasteiger partial charge in [-0.2, -0.15) is 0 Å². The molecule has 0 radical (unpaired) electrons. The molecule has 2 aromatic carbocycles. The summed E-state index contributed by atoms with van der Waals surface area (Å²) in [7, 11) is 0. The topological polar surface area (TPSA) is 12.0 Å². The van der Waals surface area contributed by atoms with Crippen molar-refractivity contribution in [2.45, 2.75) is 36.2 Å². The third kappa shape index (κ3) is 4.27. The van der Waals surface area contributed by atoms with E-state index in [9.17, 15) is 0 Å². The molecule has 2 aromatic rings. The van der Waals surface area contributed by atoms with Gasteiger partial charge >= 0.3 is 0 Å². The van der Waals surface area contributed by atoms with Crippen LogP contribution in [0.2, 0.25) is 5.02 Å². The SMILES string of the molecule is CC(C)NCc1ccccc1Sc1ccccc1Cl. The highest BCUT2D eigenvalue weighted by Crippen LogP contribution is 2.34. The second-order valence-corrected chi connectivity index (χ2v) is 6.17. The Morgan fingerprint density at radius 2 is 1.63 bits per heavy atom. The highest BCUT2D eigenvalue weighted by atomic mass is 35.5. The molecule has 0 saturated carbocycles. The first-order chi connectivity index (χ1) is 9.16. The van der Waals surface area contributed by atoms with E-state index in [4.69, 9.17) is 11.6 Å². The van der Waals surface area contributed by atoms with Gasteiger partial charge in [-0.05, 0) is 23.8 Å². The van der Waals surface area contributed by atoms with Crippen molar-refractivity contribution < 1.29 is 0 Å². The van der Waals surface area contributed by atoms with E-state index in [1.807, 2.05) is 18.2 Å². The van der Waals surface area contributed by atoms with Gasteiger partial charge in [-0.15, -0.1) is 0 Å². The van der Waals surface area contributed by atoms with E-state index in [1.165, 1.54) is 10.5 Å². The first-order valence-electron chi connectivity index (χ1n) is 6.40. The van der Waals surface area contributed by atoms with Crippen LogP contribution in [-0.2, 0) is 6.54 Å². The molecule has 0 amide bonds. The van der Waals surface area contributed by atoms with Crippen LogP contribution >= 0.6 is 23.4 Å². The van der Waals surface area contributed by atoms with Gasteiger partial charge in [0.25, 0.3) is 0 Å². The molecular formula is C16H18ClNS. The number of benzene rings is 2. The number of rotatable bonds is 5. The van der Waals surface area contributed by atoms with Crippen molar-refractivity contribution in [3.63, 3.8) is 0 Å². The van der Waals surface area contributed by atoms with Crippen LogP contribution in [0.5, 0.6) is 0 Å². The monoisotopic (exact) mass is 291 g/mol. The van der Waals surface area contributed by atoms with Gasteiger partial charge in [0.2, 0.25) is 0 Å². The predicted octanol–water partition coefficient (Wildman–Crippen LogP) is 4.99. The van der Waals surface area contributed by atoms with E-state index in [0.29, 0.717) is 6.04 Å². The zero-order valence-corrected chi connectivity index (χ0v) is 12.8. The minimum Gasteiger partial charge on any atom is -0.310 e. The van der Waals surface area contributed by atoms with Crippen molar-refractivity contribution in [3.05, 3.63) is 59.1 Å². The number of hydrogen-bond acceptors (Lipinski definition) is 2. The smallest absolute Gasteiger partial charge is 0.0545 e. The molecule has 0 atom stereocenters. The van der Waals surface area contributed by atoms with Crippen molar-refractivity contribution in [1.29, 1.82) is 0 Å². The molecule has 3 heteroatoms. The number of hydrogen-bond donors (Lipinski definition) is 1. The standard InChI is InChI=1S/C16H18ClNS/c1-12(2)18-11-13-7-3-5-9-15(13)19-16-10-6-4-8-14(16)17/h3-10,12,18H,11H2,1-2H3. The Morgan fingerprint density at radius 1 is 1.00 bits per heavy atom. The molecule has 2 rings (SSSR count). The molecule has 19 heavy (non-hydrogen) atoms. The minimum atomic E-state index is 0.485. The fourth-order valence-electron chi connectivity index (χ4n) is 1.71. The zero-order chi connectivity index (χ0) is 13.7. The average Bonchev–Trinajstić information content (AvgIpc) is 2.40. The summed E-state index contributed by atoms with van der Waals surface area (Å²) in [5, 5.41) is 4.26. The highest BCUT2D eigenvalue weighted by Gasteiger charge is 2.06. The first kappa shape index (κ1) is 14.4. The Labute approximate surface area is 124 Å². The van der Waals surface area contributed by atoms with E-state index in [2.05, 4.69) is 49.5 Å². The van der Waals surface area contributed by atoms with Gasteiger partial charge in [0.15, 0.2) is 0 Å². The van der Waals surface area contributed by atoms with Crippen molar-refractivity contribution in [3.8, 4) is 0 Å². The summed E-state index contributed by atoms with van der Waals surface area (Å²) in [5.74, 6) is 0.